The van der Waals surface area contributed by atoms with E-state index in [0.29, 0.717) is 22.7 Å². The van der Waals surface area contributed by atoms with E-state index in [4.69, 9.17) is 4.42 Å². The number of aromatic nitrogens is 2. The number of hydrogen-bond donors (Lipinski definition) is 0. The first-order chi connectivity index (χ1) is 11.1. The number of carbonyl (C=O) groups excluding carboxylic acids is 1. The average Bonchev–Trinajstić information content (AvgIpc) is 3.03. The molecule has 0 aliphatic carbocycles. The molecule has 5 nitrogen and oxygen atoms in total. The third-order valence-corrected chi connectivity index (χ3v) is 4.74. The van der Waals surface area contributed by atoms with Gasteiger partial charge in [0.05, 0.1) is 5.75 Å². The second kappa shape index (κ2) is 7.12. The van der Waals surface area contributed by atoms with Crippen LogP contribution in [-0.4, -0.2) is 39.3 Å². The molecule has 0 N–H and O–H groups in total. The Kier molecular flexibility index (Phi) is 4.95. The highest BCUT2D eigenvalue weighted by Gasteiger charge is 2.23. The van der Waals surface area contributed by atoms with Crippen molar-refractivity contribution < 1.29 is 13.6 Å². The van der Waals surface area contributed by atoms with Crippen molar-refractivity contribution in [3.05, 3.63) is 30.1 Å². The fraction of sp³-hybridized carbons (Fsp3) is 0.438. The highest BCUT2D eigenvalue weighted by atomic mass is 32.2. The number of amides is 1. The van der Waals surface area contributed by atoms with Gasteiger partial charge < -0.3 is 9.32 Å². The van der Waals surface area contributed by atoms with Gasteiger partial charge >= 0.3 is 0 Å². The smallest absolute Gasteiger partial charge is 0.277 e. The highest BCUT2D eigenvalue weighted by molar-refractivity contribution is 7.99. The number of halogens is 1. The summed E-state index contributed by atoms with van der Waals surface area (Å²) >= 11 is 1.24. The standard InChI is InChI=1S/C16H18FN3O2S/c1-11-4-2-3-9-20(11)14(21)10-23-16-19-18-15(22-16)12-5-7-13(17)8-6-12/h5-8,11H,2-4,9-10H2,1H3/t11-/m1/s1. The van der Waals surface area contributed by atoms with Crippen LogP contribution in [0.4, 0.5) is 4.39 Å². The molecule has 1 aliphatic heterocycles. The molecule has 7 heteroatoms. The molecular formula is C16H18FN3O2S. The first-order valence-corrected chi connectivity index (χ1v) is 8.64. The van der Waals surface area contributed by atoms with Crippen molar-refractivity contribution in [2.45, 2.75) is 37.5 Å². The minimum atomic E-state index is -0.316. The summed E-state index contributed by atoms with van der Waals surface area (Å²) in [4.78, 5) is 14.2. The number of piperidine rings is 1. The second-order valence-electron chi connectivity index (χ2n) is 5.60. The Morgan fingerprint density at radius 3 is 2.87 bits per heavy atom. The first kappa shape index (κ1) is 16.0. The average molecular weight is 335 g/mol. The van der Waals surface area contributed by atoms with Crippen molar-refractivity contribution in [3.8, 4) is 11.5 Å². The number of benzene rings is 1. The molecule has 1 amide bonds. The quantitative estimate of drug-likeness (QED) is 0.802. The first-order valence-electron chi connectivity index (χ1n) is 7.65. The summed E-state index contributed by atoms with van der Waals surface area (Å²) in [6.45, 7) is 2.91. The summed E-state index contributed by atoms with van der Waals surface area (Å²) < 4.78 is 18.4. The van der Waals surface area contributed by atoms with Crippen LogP contribution >= 0.6 is 11.8 Å². The lowest BCUT2D eigenvalue weighted by molar-refractivity contribution is -0.131. The van der Waals surface area contributed by atoms with Crippen LogP contribution in [-0.2, 0) is 4.79 Å². The zero-order chi connectivity index (χ0) is 16.2. The monoisotopic (exact) mass is 335 g/mol. The molecule has 1 aromatic carbocycles. The zero-order valence-corrected chi connectivity index (χ0v) is 13.7. The predicted octanol–water partition coefficient (Wildman–Crippen LogP) is 3.37. The number of thioether (sulfide) groups is 1. The molecule has 0 saturated carbocycles. The number of carbonyl (C=O) groups is 1. The number of hydrogen-bond acceptors (Lipinski definition) is 5. The topological polar surface area (TPSA) is 59.2 Å². The lowest BCUT2D eigenvalue weighted by atomic mass is 10.0. The Balaban J connectivity index is 1.58. The van der Waals surface area contributed by atoms with Crippen LogP contribution in [0.3, 0.4) is 0 Å². The van der Waals surface area contributed by atoms with E-state index in [-0.39, 0.29) is 17.5 Å². The Labute approximate surface area is 138 Å². The summed E-state index contributed by atoms with van der Waals surface area (Å²) in [5, 5.41) is 8.22. The SMILES string of the molecule is C[C@@H]1CCCCN1C(=O)CSc1nnc(-c2ccc(F)cc2)o1. The fourth-order valence-corrected chi connectivity index (χ4v) is 3.30. The van der Waals surface area contributed by atoms with Crippen LogP contribution in [0, 0.1) is 5.82 Å². The van der Waals surface area contributed by atoms with Crippen LogP contribution in [0.5, 0.6) is 0 Å². The van der Waals surface area contributed by atoms with Crippen molar-refractivity contribution in [2.75, 3.05) is 12.3 Å². The van der Waals surface area contributed by atoms with E-state index in [1.807, 2.05) is 4.90 Å². The van der Waals surface area contributed by atoms with Gasteiger partial charge in [-0.3, -0.25) is 4.79 Å². The maximum atomic E-state index is 12.9. The van der Waals surface area contributed by atoms with Crippen LogP contribution in [0.15, 0.2) is 33.9 Å². The van der Waals surface area contributed by atoms with E-state index in [1.54, 1.807) is 12.1 Å². The largest absolute Gasteiger partial charge is 0.411 e. The number of nitrogens with zero attached hydrogens (tertiary/aromatic N) is 3. The molecule has 3 rings (SSSR count). The molecule has 0 spiro atoms. The third kappa shape index (κ3) is 3.90. The van der Waals surface area contributed by atoms with E-state index < -0.39 is 0 Å². The summed E-state index contributed by atoms with van der Waals surface area (Å²) in [7, 11) is 0. The van der Waals surface area contributed by atoms with Gasteiger partial charge in [-0.15, -0.1) is 10.2 Å². The molecule has 2 aromatic rings. The van der Waals surface area contributed by atoms with Crippen molar-refractivity contribution in [1.29, 1.82) is 0 Å². The molecule has 122 valence electrons. The summed E-state index contributed by atoms with van der Waals surface area (Å²) in [5.41, 5.74) is 0.654. The maximum absolute atomic E-state index is 12.9. The van der Waals surface area contributed by atoms with Crippen molar-refractivity contribution in [1.82, 2.24) is 15.1 Å². The minimum absolute atomic E-state index is 0.101. The molecule has 0 unspecified atom stereocenters. The molecule has 2 heterocycles. The molecule has 23 heavy (non-hydrogen) atoms. The zero-order valence-electron chi connectivity index (χ0n) is 12.9. The Bertz CT molecular complexity index is 674. The van der Waals surface area contributed by atoms with Crippen molar-refractivity contribution in [3.63, 3.8) is 0 Å². The van der Waals surface area contributed by atoms with Gasteiger partial charge in [0.25, 0.3) is 5.22 Å². The number of rotatable bonds is 4. The summed E-state index contributed by atoms with van der Waals surface area (Å²) in [6.07, 6.45) is 3.31. The van der Waals surface area contributed by atoms with Gasteiger partial charge in [0.1, 0.15) is 5.82 Å². The van der Waals surface area contributed by atoms with E-state index in [1.165, 1.54) is 30.3 Å². The van der Waals surface area contributed by atoms with Gasteiger partial charge in [-0.1, -0.05) is 11.8 Å². The van der Waals surface area contributed by atoms with E-state index in [2.05, 4.69) is 17.1 Å². The van der Waals surface area contributed by atoms with E-state index >= 15 is 0 Å². The highest BCUT2D eigenvalue weighted by Crippen LogP contribution is 2.24. The van der Waals surface area contributed by atoms with Crippen LogP contribution in [0.2, 0.25) is 0 Å². The Hall–Kier alpha value is -1.89. The lowest BCUT2D eigenvalue weighted by Gasteiger charge is -2.33. The second-order valence-corrected chi connectivity index (χ2v) is 6.53. The summed E-state index contributed by atoms with van der Waals surface area (Å²) in [5.74, 6) is 0.397. The maximum Gasteiger partial charge on any atom is 0.277 e. The van der Waals surface area contributed by atoms with Gasteiger partial charge in [0.15, 0.2) is 0 Å². The van der Waals surface area contributed by atoms with Crippen LogP contribution in [0.1, 0.15) is 26.2 Å². The van der Waals surface area contributed by atoms with Crippen molar-refractivity contribution in [2.24, 2.45) is 0 Å². The van der Waals surface area contributed by atoms with Gasteiger partial charge in [-0.05, 0) is 50.5 Å². The summed E-state index contributed by atoms with van der Waals surface area (Å²) in [6, 6.07) is 6.14. The van der Waals surface area contributed by atoms with Crippen LogP contribution < -0.4 is 0 Å². The molecule has 1 aliphatic rings. The molecule has 1 aromatic heterocycles. The van der Waals surface area contributed by atoms with Gasteiger partial charge in [-0.2, -0.15) is 0 Å². The fourth-order valence-electron chi connectivity index (χ4n) is 2.65. The molecule has 1 saturated heterocycles. The van der Waals surface area contributed by atoms with E-state index in [0.717, 1.165) is 19.4 Å². The third-order valence-electron chi connectivity index (χ3n) is 3.94. The van der Waals surface area contributed by atoms with Gasteiger partial charge in [0, 0.05) is 18.2 Å². The Morgan fingerprint density at radius 1 is 1.35 bits per heavy atom. The Morgan fingerprint density at radius 2 is 2.13 bits per heavy atom. The van der Waals surface area contributed by atoms with E-state index in [9.17, 15) is 9.18 Å². The predicted molar refractivity (Wildman–Crippen MR) is 85.4 cm³/mol. The molecule has 1 atom stereocenters. The minimum Gasteiger partial charge on any atom is -0.411 e. The molecule has 0 bridgehead atoms. The van der Waals surface area contributed by atoms with Gasteiger partial charge in [-0.25, -0.2) is 4.39 Å². The van der Waals surface area contributed by atoms with Gasteiger partial charge in [0.2, 0.25) is 11.8 Å². The number of likely N-dealkylation sites (tertiary alicyclic amines) is 1. The molecular weight excluding hydrogens is 317 g/mol. The molecule has 1 fully saturated rings. The normalized spacial score (nSPS) is 18.2. The molecule has 0 radical (unpaired) electrons. The lowest BCUT2D eigenvalue weighted by Crippen LogP contribution is -2.42. The van der Waals surface area contributed by atoms with Crippen LogP contribution in [0.25, 0.3) is 11.5 Å². The van der Waals surface area contributed by atoms with Crippen molar-refractivity contribution >= 4 is 17.7 Å².